The molecule has 6 N–H and O–H groups in total. The smallest absolute Gasteiger partial charge is 0.336 e. The number of carbonyl (C=O) groups excluding carboxylic acids is 3. The van der Waals surface area contributed by atoms with Gasteiger partial charge in [0, 0.05) is 40.5 Å². The van der Waals surface area contributed by atoms with Crippen LogP contribution in [0.15, 0.2) is 88.2 Å². The Labute approximate surface area is 234 Å². The van der Waals surface area contributed by atoms with Crippen LogP contribution in [0.3, 0.4) is 0 Å². The maximum Gasteiger partial charge on any atom is 0.336 e. The van der Waals surface area contributed by atoms with E-state index in [-0.39, 0.29) is 29.7 Å². The van der Waals surface area contributed by atoms with E-state index in [0.29, 0.717) is 10.9 Å². The summed E-state index contributed by atoms with van der Waals surface area (Å²) in [6.45, 7) is 1.76. The first kappa shape index (κ1) is 27.4. The minimum atomic E-state index is -1.13. The number of imide groups is 1. The van der Waals surface area contributed by atoms with Gasteiger partial charge in [0.15, 0.2) is 0 Å². The second kappa shape index (κ2) is 11.5. The minimum absolute atomic E-state index is 0.0899. The Balaban J connectivity index is 1.37. The molecule has 0 aliphatic heterocycles. The Morgan fingerprint density at radius 1 is 0.951 bits per heavy atom. The first-order valence-corrected chi connectivity index (χ1v) is 13.0. The van der Waals surface area contributed by atoms with Crippen molar-refractivity contribution < 1.29 is 23.9 Å². The lowest BCUT2D eigenvalue weighted by atomic mass is 10.0. The van der Waals surface area contributed by atoms with Crippen LogP contribution in [0.4, 0.5) is 0 Å². The van der Waals surface area contributed by atoms with Gasteiger partial charge >= 0.3 is 5.63 Å². The Morgan fingerprint density at radius 2 is 1.71 bits per heavy atom. The van der Waals surface area contributed by atoms with E-state index in [1.165, 1.54) is 30.3 Å². The van der Waals surface area contributed by atoms with Crippen LogP contribution in [-0.2, 0) is 22.4 Å². The summed E-state index contributed by atoms with van der Waals surface area (Å²) in [5.41, 5.74) is 9.00. The van der Waals surface area contributed by atoms with Crippen LogP contribution in [0.25, 0.3) is 21.9 Å². The largest absolute Gasteiger partial charge is 0.508 e. The first-order chi connectivity index (χ1) is 19.7. The quantitative estimate of drug-likeness (QED) is 0.185. The van der Waals surface area contributed by atoms with Crippen molar-refractivity contribution in [2.45, 2.75) is 31.8 Å². The van der Waals surface area contributed by atoms with Gasteiger partial charge in [-0.3, -0.25) is 19.7 Å². The summed E-state index contributed by atoms with van der Waals surface area (Å²) in [5, 5.41) is 16.1. The number of hydrogen-bond acceptors (Lipinski definition) is 7. The average molecular weight is 553 g/mol. The molecule has 2 aromatic heterocycles. The lowest BCUT2D eigenvalue weighted by Gasteiger charge is -2.20. The maximum absolute atomic E-state index is 13.4. The third-order valence-corrected chi connectivity index (χ3v) is 6.91. The predicted octanol–water partition coefficient (Wildman–Crippen LogP) is 2.84. The van der Waals surface area contributed by atoms with Gasteiger partial charge in [-0.25, -0.2) is 4.79 Å². The van der Waals surface area contributed by atoms with Gasteiger partial charge in [0.1, 0.15) is 17.4 Å². The summed E-state index contributed by atoms with van der Waals surface area (Å²) >= 11 is 0. The zero-order valence-electron chi connectivity index (χ0n) is 22.1. The molecule has 0 unspecified atom stereocenters. The summed E-state index contributed by atoms with van der Waals surface area (Å²) < 4.78 is 5.22. The summed E-state index contributed by atoms with van der Waals surface area (Å²) in [5.74, 6) is -1.92. The SMILES string of the molecule is Cc1cc(=O)oc2cc(C(=O)NC(=O)[C@@H](Cc3c[nH]c4ccccc34)NC(=O)[C@@H](N)Cc3ccc(O)cc3)ccc12. The Hall–Kier alpha value is -5.22. The van der Waals surface area contributed by atoms with Crippen molar-refractivity contribution in [2.24, 2.45) is 5.73 Å². The predicted molar refractivity (Wildman–Crippen MR) is 153 cm³/mol. The molecule has 41 heavy (non-hydrogen) atoms. The highest BCUT2D eigenvalue weighted by atomic mass is 16.4. The normalized spacial score (nSPS) is 12.6. The fraction of sp³-hybridized carbons (Fsp3) is 0.161. The number of phenolic OH excluding ortho intramolecular Hbond substituents is 1. The van der Waals surface area contributed by atoms with Crippen molar-refractivity contribution in [1.29, 1.82) is 0 Å². The zero-order chi connectivity index (χ0) is 29.1. The van der Waals surface area contributed by atoms with E-state index in [1.807, 2.05) is 24.3 Å². The summed E-state index contributed by atoms with van der Waals surface area (Å²) in [4.78, 5) is 54.5. The number of phenols is 1. The van der Waals surface area contributed by atoms with E-state index in [1.54, 1.807) is 31.3 Å². The Morgan fingerprint density at radius 3 is 2.49 bits per heavy atom. The van der Waals surface area contributed by atoms with Gasteiger partial charge in [0.2, 0.25) is 11.8 Å². The molecule has 208 valence electrons. The molecule has 5 aromatic rings. The Bertz CT molecular complexity index is 1820. The second-order valence-corrected chi connectivity index (χ2v) is 9.88. The number of amides is 3. The van der Waals surface area contributed by atoms with Crippen LogP contribution < -0.4 is 22.0 Å². The van der Waals surface area contributed by atoms with Crippen LogP contribution in [0.2, 0.25) is 0 Å². The second-order valence-electron chi connectivity index (χ2n) is 9.88. The molecule has 2 atom stereocenters. The number of aryl methyl sites for hydroxylation is 1. The highest BCUT2D eigenvalue weighted by Gasteiger charge is 2.27. The molecule has 0 bridgehead atoms. The monoisotopic (exact) mass is 552 g/mol. The third kappa shape index (κ3) is 6.18. The van der Waals surface area contributed by atoms with Crippen LogP contribution in [0.5, 0.6) is 5.75 Å². The van der Waals surface area contributed by atoms with Crippen molar-refractivity contribution in [1.82, 2.24) is 15.6 Å². The molecule has 0 saturated heterocycles. The van der Waals surface area contributed by atoms with Crippen molar-refractivity contribution in [3.05, 3.63) is 112 Å². The van der Waals surface area contributed by atoms with Crippen LogP contribution >= 0.6 is 0 Å². The lowest BCUT2D eigenvalue weighted by molar-refractivity contribution is -0.129. The minimum Gasteiger partial charge on any atom is -0.508 e. The topological polar surface area (TPSA) is 168 Å². The number of nitrogens with one attached hydrogen (secondary N) is 3. The number of hydrogen-bond donors (Lipinski definition) is 5. The van der Waals surface area contributed by atoms with Crippen LogP contribution in [-0.4, -0.2) is 39.9 Å². The molecule has 0 saturated carbocycles. The maximum atomic E-state index is 13.4. The van der Waals surface area contributed by atoms with E-state index in [9.17, 15) is 24.3 Å². The van der Waals surface area contributed by atoms with Gasteiger partial charge in [0.05, 0.1) is 6.04 Å². The van der Waals surface area contributed by atoms with Crippen molar-refractivity contribution in [3.63, 3.8) is 0 Å². The van der Waals surface area contributed by atoms with E-state index in [4.69, 9.17) is 10.2 Å². The molecule has 2 heterocycles. The van der Waals surface area contributed by atoms with Gasteiger partial charge in [0.25, 0.3) is 5.91 Å². The number of aromatic hydroxyl groups is 1. The number of aromatic amines is 1. The fourth-order valence-electron chi connectivity index (χ4n) is 4.72. The number of benzene rings is 3. The highest BCUT2D eigenvalue weighted by Crippen LogP contribution is 2.20. The molecule has 0 spiro atoms. The summed E-state index contributed by atoms with van der Waals surface area (Å²) in [6.07, 6.45) is 2.02. The molecule has 3 aromatic carbocycles. The molecule has 0 radical (unpaired) electrons. The lowest BCUT2D eigenvalue weighted by Crippen LogP contribution is -2.53. The van der Waals surface area contributed by atoms with Crippen molar-refractivity contribution in [2.75, 3.05) is 0 Å². The zero-order valence-corrected chi connectivity index (χ0v) is 22.1. The fourth-order valence-corrected chi connectivity index (χ4v) is 4.72. The standard InChI is InChI=1S/C31H28N4O6/c1-17-12-28(37)41-27-15-19(8-11-22(17)27)29(38)35-31(40)26(14-20-16-33-25-5-3-2-4-23(20)25)34-30(39)24(32)13-18-6-9-21(36)10-7-18/h2-12,15-16,24,26,33,36H,13-14,32H2,1H3,(H,34,39)(H,35,38,40)/t24-,26+/m0/s1. The number of aromatic nitrogens is 1. The van der Waals surface area contributed by atoms with Gasteiger partial charge in [-0.05, 0) is 60.4 Å². The van der Waals surface area contributed by atoms with E-state index in [0.717, 1.165) is 22.0 Å². The third-order valence-electron chi connectivity index (χ3n) is 6.91. The molecule has 10 nitrogen and oxygen atoms in total. The number of fused-ring (bicyclic) bond motifs is 2. The number of rotatable bonds is 8. The van der Waals surface area contributed by atoms with Gasteiger partial charge in [-0.15, -0.1) is 0 Å². The molecule has 0 fully saturated rings. The van der Waals surface area contributed by atoms with Gasteiger partial charge < -0.3 is 25.6 Å². The van der Waals surface area contributed by atoms with Crippen molar-refractivity contribution in [3.8, 4) is 5.75 Å². The van der Waals surface area contributed by atoms with Crippen LogP contribution in [0, 0.1) is 6.92 Å². The van der Waals surface area contributed by atoms with E-state index in [2.05, 4.69) is 15.6 Å². The van der Waals surface area contributed by atoms with Crippen molar-refractivity contribution >= 4 is 39.6 Å². The summed E-state index contributed by atoms with van der Waals surface area (Å²) in [7, 11) is 0. The molecular weight excluding hydrogens is 524 g/mol. The molecule has 3 amide bonds. The number of nitrogens with two attached hydrogens (primary N) is 1. The average Bonchev–Trinajstić information content (AvgIpc) is 3.36. The first-order valence-electron chi connectivity index (χ1n) is 13.0. The molecular formula is C31H28N4O6. The highest BCUT2D eigenvalue weighted by molar-refractivity contribution is 6.08. The number of H-pyrrole nitrogens is 1. The van der Waals surface area contributed by atoms with E-state index < -0.39 is 35.4 Å². The molecule has 5 rings (SSSR count). The number of para-hydroxylation sites is 1. The van der Waals surface area contributed by atoms with Gasteiger partial charge in [-0.2, -0.15) is 0 Å². The van der Waals surface area contributed by atoms with E-state index >= 15 is 0 Å². The molecule has 0 aliphatic carbocycles. The molecule has 10 heteroatoms. The molecule has 0 aliphatic rings. The number of carbonyl (C=O) groups is 3. The Kier molecular flexibility index (Phi) is 7.66. The van der Waals surface area contributed by atoms with Crippen LogP contribution in [0.1, 0.15) is 27.0 Å². The van der Waals surface area contributed by atoms with Gasteiger partial charge in [-0.1, -0.05) is 36.4 Å². The summed E-state index contributed by atoms with van der Waals surface area (Å²) in [6, 6.07) is 17.6.